The maximum atomic E-state index is 13.4. The van der Waals surface area contributed by atoms with E-state index in [2.05, 4.69) is 25.6 Å². The Morgan fingerprint density at radius 3 is 3.08 bits per heavy atom. The van der Waals surface area contributed by atoms with Gasteiger partial charge in [-0.1, -0.05) is 0 Å². The highest BCUT2D eigenvalue weighted by Gasteiger charge is 2.05. The van der Waals surface area contributed by atoms with Gasteiger partial charge in [0.15, 0.2) is 5.96 Å². The molecule has 2 aromatic heterocycles. The zero-order chi connectivity index (χ0) is 17.5. The van der Waals surface area contributed by atoms with Gasteiger partial charge in [0.25, 0.3) is 0 Å². The molecule has 0 saturated carbocycles. The zero-order valence-electron chi connectivity index (χ0n) is 14.3. The summed E-state index contributed by atoms with van der Waals surface area (Å²) in [6.07, 6.45) is 8.17. The first-order valence-electron chi connectivity index (χ1n) is 8.49. The molecule has 6 nitrogen and oxygen atoms in total. The fourth-order valence-corrected chi connectivity index (χ4v) is 2.71. The van der Waals surface area contributed by atoms with Gasteiger partial charge in [0.1, 0.15) is 5.82 Å². The zero-order valence-corrected chi connectivity index (χ0v) is 14.3. The molecule has 0 aliphatic carbocycles. The molecule has 7 heteroatoms. The molecule has 0 spiro atoms. The van der Waals surface area contributed by atoms with Gasteiger partial charge in [-0.2, -0.15) is 0 Å². The molecule has 0 bridgehead atoms. The second-order valence-corrected chi connectivity index (χ2v) is 5.74. The van der Waals surface area contributed by atoms with E-state index in [1.807, 2.05) is 23.9 Å². The molecule has 0 fully saturated rings. The van der Waals surface area contributed by atoms with Crippen LogP contribution in [-0.4, -0.2) is 40.1 Å². The number of nitrogens with one attached hydrogen (secondary N) is 3. The third-order valence-electron chi connectivity index (χ3n) is 3.95. The summed E-state index contributed by atoms with van der Waals surface area (Å²) in [6, 6.07) is 4.80. The highest BCUT2D eigenvalue weighted by atomic mass is 19.1. The van der Waals surface area contributed by atoms with Crippen molar-refractivity contribution in [3.05, 3.63) is 54.5 Å². The minimum Gasteiger partial charge on any atom is -0.361 e. The second kappa shape index (κ2) is 8.32. The van der Waals surface area contributed by atoms with E-state index >= 15 is 0 Å². The summed E-state index contributed by atoms with van der Waals surface area (Å²) >= 11 is 0. The van der Waals surface area contributed by atoms with Crippen molar-refractivity contribution in [1.82, 2.24) is 25.2 Å². The van der Waals surface area contributed by atoms with Crippen molar-refractivity contribution in [3.8, 4) is 0 Å². The summed E-state index contributed by atoms with van der Waals surface area (Å²) in [5, 5.41) is 7.47. The van der Waals surface area contributed by atoms with Crippen LogP contribution in [0.15, 0.2) is 48.1 Å². The van der Waals surface area contributed by atoms with Crippen LogP contribution in [0.2, 0.25) is 0 Å². The van der Waals surface area contributed by atoms with E-state index in [9.17, 15) is 4.39 Å². The molecule has 0 aliphatic heterocycles. The van der Waals surface area contributed by atoms with Crippen LogP contribution in [-0.2, 0) is 13.0 Å². The number of nitrogens with zero attached hydrogens (tertiary/aromatic N) is 3. The van der Waals surface area contributed by atoms with Crippen LogP contribution in [0, 0.1) is 5.82 Å². The Labute approximate surface area is 146 Å². The average Bonchev–Trinajstić information content (AvgIpc) is 3.25. The Kier molecular flexibility index (Phi) is 5.66. The lowest BCUT2D eigenvalue weighted by molar-refractivity contribution is 0.629. The maximum Gasteiger partial charge on any atom is 0.191 e. The number of imidazole rings is 1. The lowest BCUT2D eigenvalue weighted by Gasteiger charge is -2.11. The van der Waals surface area contributed by atoms with Crippen LogP contribution in [0.5, 0.6) is 0 Å². The number of rotatable bonds is 7. The number of guanidine groups is 1. The number of fused-ring (bicyclic) bond motifs is 1. The highest BCUT2D eigenvalue weighted by Crippen LogP contribution is 2.19. The van der Waals surface area contributed by atoms with Crippen LogP contribution in [0.3, 0.4) is 0 Å². The van der Waals surface area contributed by atoms with Gasteiger partial charge in [-0.25, -0.2) is 9.37 Å². The van der Waals surface area contributed by atoms with Gasteiger partial charge < -0.3 is 20.2 Å². The Morgan fingerprint density at radius 2 is 2.28 bits per heavy atom. The summed E-state index contributed by atoms with van der Waals surface area (Å²) in [5.41, 5.74) is 2.03. The number of H-pyrrole nitrogens is 1. The molecule has 132 valence electrons. The summed E-state index contributed by atoms with van der Waals surface area (Å²) in [4.78, 5) is 11.8. The van der Waals surface area contributed by atoms with Crippen molar-refractivity contribution in [3.63, 3.8) is 0 Å². The normalized spacial score (nSPS) is 11.8. The van der Waals surface area contributed by atoms with Crippen molar-refractivity contribution < 1.29 is 4.39 Å². The second-order valence-electron chi connectivity index (χ2n) is 5.74. The van der Waals surface area contributed by atoms with Crippen molar-refractivity contribution in [2.75, 3.05) is 19.6 Å². The molecule has 0 radical (unpaired) electrons. The third-order valence-corrected chi connectivity index (χ3v) is 3.95. The fraction of sp³-hybridized carbons (Fsp3) is 0.333. The molecule has 0 unspecified atom stereocenters. The molecular weight excluding hydrogens is 319 g/mol. The number of aromatic nitrogens is 3. The van der Waals surface area contributed by atoms with Crippen LogP contribution in [0.1, 0.15) is 12.5 Å². The number of aromatic amines is 1. The van der Waals surface area contributed by atoms with Crippen molar-refractivity contribution in [2.24, 2.45) is 4.99 Å². The molecule has 0 aliphatic rings. The molecule has 0 saturated heterocycles. The van der Waals surface area contributed by atoms with Gasteiger partial charge in [-0.15, -0.1) is 0 Å². The Morgan fingerprint density at radius 1 is 1.36 bits per heavy atom. The third kappa shape index (κ3) is 4.59. The number of halogens is 1. The largest absolute Gasteiger partial charge is 0.361 e. The number of hydrogen-bond donors (Lipinski definition) is 3. The first kappa shape index (κ1) is 17.0. The van der Waals surface area contributed by atoms with Crippen molar-refractivity contribution in [1.29, 1.82) is 0 Å². The standard InChI is InChI=1S/C18H23FN6/c1-2-21-18(23-8-10-25-9-7-20-13-25)22-6-5-14-12-24-17-4-3-15(19)11-16(14)17/h3-4,7,9,11-13,24H,2,5-6,8,10H2,1H3,(H2,21,22,23). The van der Waals surface area contributed by atoms with E-state index < -0.39 is 0 Å². The highest BCUT2D eigenvalue weighted by molar-refractivity contribution is 5.83. The number of aliphatic imine (C=N–C) groups is 1. The first-order valence-corrected chi connectivity index (χ1v) is 8.49. The predicted molar refractivity (Wildman–Crippen MR) is 98.2 cm³/mol. The van der Waals surface area contributed by atoms with E-state index in [1.54, 1.807) is 24.7 Å². The molecule has 0 atom stereocenters. The van der Waals surface area contributed by atoms with Gasteiger partial charge in [0.2, 0.25) is 0 Å². The molecule has 3 N–H and O–H groups in total. The SMILES string of the molecule is CCNC(=NCCc1c[nH]c2ccc(F)cc12)NCCn1ccnc1. The van der Waals surface area contributed by atoms with Gasteiger partial charge >= 0.3 is 0 Å². The van der Waals surface area contributed by atoms with Gasteiger partial charge in [0, 0.05) is 55.7 Å². The lowest BCUT2D eigenvalue weighted by Crippen LogP contribution is -2.39. The first-order chi connectivity index (χ1) is 12.3. The molecule has 25 heavy (non-hydrogen) atoms. The topological polar surface area (TPSA) is 70.0 Å². The van der Waals surface area contributed by atoms with Crippen LogP contribution >= 0.6 is 0 Å². The lowest BCUT2D eigenvalue weighted by atomic mass is 10.1. The summed E-state index contributed by atoms with van der Waals surface area (Å²) < 4.78 is 15.4. The Hall–Kier alpha value is -2.83. The smallest absolute Gasteiger partial charge is 0.191 e. The van der Waals surface area contributed by atoms with Gasteiger partial charge in [-0.3, -0.25) is 4.99 Å². The molecular formula is C18H23FN6. The van der Waals surface area contributed by atoms with E-state index in [4.69, 9.17) is 0 Å². The van der Waals surface area contributed by atoms with Crippen LogP contribution in [0.25, 0.3) is 10.9 Å². The molecule has 2 heterocycles. The van der Waals surface area contributed by atoms with Crippen LogP contribution in [0.4, 0.5) is 4.39 Å². The predicted octanol–water partition coefficient (Wildman–Crippen LogP) is 2.30. The minimum absolute atomic E-state index is 0.216. The van der Waals surface area contributed by atoms with Crippen LogP contribution < -0.4 is 10.6 Å². The molecule has 3 rings (SSSR count). The number of hydrogen-bond acceptors (Lipinski definition) is 2. The average molecular weight is 342 g/mol. The summed E-state index contributed by atoms with van der Waals surface area (Å²) in [5.74, 6) is 0.569. The summed E-state index contributed by atoms with van der Waals surface area (Å²) in [7, 11) is 0. The molecule has 1 aromatic carbocycles. The van der Waals surface area contributed by atoms with Crippen molar-refractivity contribution >= 4 is 16.9 Å². The maximum absolute atomic E-state index is 13.4. The van der Waals surface area contributed by atoms with Crippen molar-refractivity contribution in [2.45, 2.75) is 19.9 Å². The monoisotopic (exact) mass is 342 g/mol. The van der Waals surface area contributed by atoms with E-state index in [0.717, 1.165) is 48.5 Å². The van der Waals surface area contributed by atoms with E-state index in [1.165, 1.54) is 6.07 Å². The minimum atomic E-state index is -0.216. The Bertz CT molecular complexity index is 821. The fourth-order valence-electron chi connectivity index (χ4n) is 2.71. The number of benzene rings is 1. The van der Waals surface area contributed by atoms with Gasteiger partial charge in [0.05, 0.1) is 6.33 Å². The summed E-state index contributed by atoms with van der Waals surface area (Å²) in [6.45, 7) is 5.06. The molecule has 0 amide bonds. The van der Waals surface area contributed by atoms with E-state index in [-0.39, 0.29) is 5.82 Å². The van der Waals surface area contributed by atoms with Gasteiger partial charge in [-0.05, 0) is 37.1 Å². The molecule has 3 aromatic rings. The Balaban J connectivity index is 1.56. The van der Waals surface area contributed by atoms with E-state index in [0.29, 0.717) is 6.54 Å². The quantitative estimate of drug-likeness (QED) is 0.456.